The number of halogens is 1. The maximum absolute atomic E-state index is 12.3. The van der Waals surface area contributed by atoms with Gasteiger partial charge in [-0.15, -0.1) is 4.83 Å². The maximum atomic E-state index is 12.3. The normalized spacial score (nSPS) is 11.2. The van der Waals surface area contributed by atoms with E-state index in [1.54, 1.807) is 36.7 Å². The van der Waals surface area contributed by atoms with Crippen molar-refractivity contribution >= 4 is 27.6 Å². The Morgan fingerprint density at radius 1 is 1.00 bits per heavy atom. The van der Waals surface area contributed by atoms with Crippen molar-refractivity contribution < 1.29 is 8.42 Å². The minimum atomic E-state index is -3.85. The van der Waals surface area contributed by atoms with Gasteiger partial charge in [-0.3, -0.25) is 10.4 Å². The Hall–Kier alpha value is -2.55. The van der Waals surface area contributed by atoms with Crippen molar-refractivity contribution in [2.24, 2.45) is 0 Å². The molecule has 0 saturated heterocycles. The first-order valence-corrected chi connectivity index (χ1v) is 8.68. The van der Waals surface area contributed by atoms with Gasteiger partial charge >= 0.3 is 0 Å². The molecule has 0 bridgehead atoms. The van der Waals surface area contributed by atoms with E-state index < -0.39 is 10.0 Å². The first-order chi connectivity index (χ1) is 11.6. The summed E-state index contributed by atoms with van der Waals surface area (Å²) in [5, 5.41) is 0.122. The van der Waals surface area contributed by atoms with Crippen molar-refractivity contribution in [3.63, 3.8) is 0 Å². The third kappa shape index (κ3) is 3.67. The lowest BCUT2D eigenvalue weighted by molar-refractivity contribution is 0.587. The molecule has 24 heavy (non-hydrogen) atoms. The van der Waals surface area contributed by atoms with Gasteiger partial charge in [0.05, 0.1) is 10.7 Å². The average molecular weight is 362 g/mol. The lowest BCUT2D eigenvalue weighted by atomic mass is 10.2. The maximum Gasteiger partial charge on any atom is 0.258 e. The van der Waals surface area contributed by atoms with Crippen molar-refractivity contribution in [1.82, 2.24) is 19.8 Å². The lowest BCUT2D eigenvalue weighted by Gasteiger charge is -2.10. The van der Waals surface area contributed by atoms with Gasteiger partial charge in [-0.2, -0.15) is 0 Å². The van der Waals surface area contributed by atoms with Crippen molar-refractivity contribution in [2.75, 3.05) is 5.43 Å². The topological polar surface area (TPSA) is 96.9 Å². The Kier molecular flexibility index (Phi) is 4.70. The van der Waals surface area contributed by atoms with Crippen LogP contribution in [0.5, 0.6) is 0 Å². The highest BCUT2D eigenvalue weighted by Crippen LogP contribution is 2.20. The molecule has 2 aromatic heterocycles. The summed E-state index contributed by atoms with van der Waals surface area (Å²) in [5.41, 5.74) is 3.88. The molecule has 0 fully saturated rings. The van der Waals surface area contributed by atoms with Gasteiger partial charge in [0, 0.05) is 24.2 Å². The Labute approximate surface area is 143 Å². The predicted octanol–water partition coefficient (Wildman–Crippen LogP) is 2.50. The van der Waals surface area contributed by atoms with Crippen LogP contribution in [0, 0.1) is 0 Å². The second kappa shape index (κ2) is 6.91. The molecular formula is C15H12ClN5O2S. The van der Waals surface area contributed by atoms with Crippen molar-refractivity contribution in [3.8, 4) is 11.3 Å². The third-order valence-electron chi connectivity index (χ3n) is 3.04. The van der Waals surface area contributed by atoms with Crippen LogP contribution in [0.1, 0.15) is 0 Å². The molecule has 0 aliphatic rings. The lowest BCUT2D eigenvalue weighted by Crippen LogP contribution is -2.30. The molecule has 0 atom stereocenters. The van der Waals surface area contributed by atoms with Gasteiger partial charge in [0.25, 0.3) is 10.0 Å². The fourth-order valence-corrected chi connectivity index (χ4v) is 3.28. The highest BCUT2D eigenvalue weighted by Gasteiger charge is 2.17. The monoisotopic (exact) mass is 361 g/mol. The summed E-state index contributed by atoms with van der Waals surface area (Å²) in [4.78, 5) is 14.4. The number of pyridine rings is 1. The summed E-state index contributed by atoms with van der Waals surface area (Å²) in [5.74, 6) is 0.104. The van der Waals surface area contributed by atoms with Crippen LogP contribution < -0.4 is 10.3 Å². The number of hydrogen-bond acceptors (Lipinski definition) is 6. The molecule has 7 nitrogen and oxygen atoms in total. The molecular weight excluding hydrogens is 350 g/mol. The number of rotatable bonds is 5. The summed E-state index contributed by atoms with van der Waals surface area (Å²) in [6.45, 7) is 0. The fraction of sp³-hybridized carbons (Fsp3) is 0. The van der Waals surface area contributed by atoms with E-state index in [2.05, 4.69) is 25.2 Å². The summed E-state index contributed by atoms with van der Waals surface area (Å²) in [6, 6.07) is 11.5. The quantitative estimate of drug-likeness (QED) is 0.678. The number of hydrazine groups is 1. The van der Waals surface area contributed by atoms with E-state index in [1.807, 2.05) is 6.07 Å². The second-order valence-electron chi connectivity index (χ2n) is 4.67. The highest BCUT2D eigenvalue weighted by atomic mass is 35.5. The zero-order valence-electron chi connectivity index (χ0n) is 12.2. The smallest absolute Gasteiger partial charge is 0.258 e. The average Bonchev–Trinajstić information content (AvgIpc) is 2.61. The van der Waals surface area contributed by atoms with Gasteiger partial charge < -0.3 is 0 Å². The van der Waals surface area contributed by atoms with Gasteiger partial charge in [0.2, 0.25) is 5.95 Å². The van der Waals surface area contributed by atoms with E-state index >= 15 is 0 Å². The number of aromatic nitrogens is 3. The first-order valence-electron chi connectivity index (χ1n) is 6.82. The summed E-state index contributed by atoms with van der Waals surface area (Å²) < 4.78 is 24.5. The van der Waals surface area contributed by atoms with Gasteiger partial charge in [-0.25, -0.2) is 18.4 Å². The van der Waals surface area contributed by atoms with Crippen LogP contribution in [0.4, 0.5) is 5.95 Å². The summed E-state index contributed by atoms with van der Waals surface area (Å²) >= 11 is 5.91. The first kappa shape index (κ1) is 16.3. The molecule has 2 heterocycles. The number of benzene rings is 1. The molecule has 0 aliphatic heterocycles. The molecule has 0 spiro atoms. The van der Waals surface area contributed by atoms with Crippen LogP contribution in [-0.2, 0) is 10.0 Å². The molecule has 3 aromatic rings. The van der Waals surface area contributed by atoms with E-state index in [4.69, 9.17) is 11.6 Å². The summed E-state index contributed by atoms with van der Waals surface area (Å²) in [6.07, 6.45) is 4.82. The molecule has 1 aromatic carbocycles. The predicted molar refractivity (Wildman–Crippen MR) is 90.7 cm³/mol. The number of nitrogens with one attached hydrogen (secondary N) is 2. The molecule has 9 heteroatoms. The van der Waals surface area contributed by atoms with Crippen LogP contribution in [0.3, 0.4) is 0 Å². The van der Waals surface area contributed by atoms with Gasteiger partial charge in [0.1, 0.15) is 4.90 Å². The van der Waals surface area contributed by atoms with Crippen molar-refractivity contribution in [2.45, 2.75) is 4.90 Å². The number of anilines is 1. The highest BCUT2D eigenvalue weighted by molar-refractivity contribution is 7.89. The Morgan fingerprint density at radius 2 is 1.83 bits per heavy atom. The fourth-order valence-electron chi connectivity index (χ4n) is 1.92. The second-order valence-corrected chi connectivity index (χ2v) is 6.73. The van der Waals surface area contributed by atoms with Crippen LogP contribution in [-0.4, -0.2) is 23.4 Å². The van der Waals surface area contributed by atoms with E-state index in [1.165, 1.54) is 18.3 Å². The van der Waals surface area contributed by atoms with Crippen LogP contribution in [0.2, 0.25) is 5.02 Å². The molecule has 0 amide bonds. The third-order valence-corrected chi connectivity index (χ3v) is 4.78. The van der Waals surface area contributed by atoms with Crippen molar-refractivity contribution in [1.29, 1.82) is 0 Å². The Morgan fingerprint density at radius 3 is 2.58 bits per heavy atom. The van der Waals surface area contributed by atoms with E-state index in [9.17, 15) is 8.42 Å². The molecule has 2 N–H and O–H groups in total. The minimum Gasteiger partial charge on any atom is -0.276 e. The number of nitrogens with zero attached hydrogens (tertiary/aromatic N) is 3. The van der Waals surface area contributed by atoms with Crippen LogP contribution in [0.25, 0.3) is 11.3 Å². The van der Waals surface area contributed by atoms with Gasteiger partial charge in [0.15, 0.2) is 0 Å². The van der Waals surface area contributed by atoms with E-state index in [0.29, 0.717) is 5.69 Å². The Bertz CT molecular complexity index is 951. The van der Waals surface area contributed by atoms with Crippen LogP contribution >= 0.6 is 11.6 Å². The largest absolute Gasteiger partial charge is 0.276 e. The molecule has 0 aliphatic carbocycles. The SMILES string of the molecule is O=S(=O)(NNc1nccc(-c2cccnc2)n1)c1ccccc1Cl. The Balaban J connectivity index is 1.79. The minimum absolute atomic E-state index is 0.0393. The van der Waals surface area contributed by atoms with Gasteiger partial charge in [-0.1, -0.05) is 23.7 Å². The number of hydrogen-bond donors (Lipinski definition) is 2. The van der Waals surface area contributed by atoms with E-state index in [-0.39, 0.29) is 15.9 Å². The van der Waals surface area contributed by atoms with Crippen LogP contribution in [0.15, 0.2) is 66.0 Å². The molecule has 122 valence electrons. The van der Waals surface area contributed by atoms with Gasteiger partial charge in [-0.05, 0) is 30.3 Å². The molecule has 3 rings (SSSR count). The molecule has 0 saturated carbocycles. The molecule has 0 unspecified atom stereocenters. The summed E-state index contributed by atoms with van der Waals surface area (Å²) in [7, 11) is -3.85. The van der Waals surface area contributed by atoms with E-state index in [0.717, 1.165) is 5.56 Å². The zero-order chi connectivity index (χ0) is 17.0. The molecule has 0 radical (unpaired) electrons. The number of sulfonamides is 1. The van der Waals surface area contributed by atoms with Crippen molar-refractivity contribution in [3.05, 3.63) is 66.1 Å². The zero-order valence-corrected chi connectivity index (χ0v) is 13.8. The standard InChI is InChI=1S/C15H12ClN5O2S/c16-12-5-1-2-6-14(12)24(22,23)21-20-15-18-9-7-13(19-15)11-4-3-8-17-10-11/h1-10,21H,(H,18,19,20).